The Kier molecular flexibility index (Phi) is 2.95. The lowest BCUT2D eigenvalue weighted by Gasteiger charge is -2.40. The number of hydrogen-bond donors (Lipinski definition) is 0. The Hall–Kier alpha value is -0.640. The Morgan fingerprint density at radius 2 is 1.88 bits per heavy atom. The van der Waals surface area contributed by atoms with Crippen molar-refractivity contribution in [3.63, 3.8) is 0 Å². The van der Waals surface area contributed by atoms with Crippen LogP contribution in [0, 0.1) is 11.3 Å². The highest BCUT2D eigenvalue weighted by Gasteiger charge is 2.47. The van der Waals surface area contributed by atoms with Gasteiger partial charge in [-0.1, -0.05) is 0 Å². The molecule has 5 nitrogen and oxygen atoms in total. The van der Waals surface area contributed by atoms with Gasteiger partial charge in [0.2, 0.25) is 10.0 Å². The van der Waals surface area contributed by atoms with Crippen LogP contribution in [0.2, 0.25) is 0 Å². The largest absolute Gasteiger partial charge is 0.306 e. The van der Waals surface area contributed by atoms with E-state index in [9.17, 15) is 13.7 Å². The zero-order chi connectivity index (χ0) is 11.8. The SMILES string of the molecule is CN1CCC(C#N)(N2CCCS2(=O)=O)CC1. The van der Waals surface area contributed by atoms with Gasteiger partial charge in [-0.25, -0.2) is 8.42 Å². The van der Waals surface area contributed by atoms with Gasteiger partial charge in [-0.3, -0.25) is 0 Å². The Labute approximate surface area is 96.7 Å². The van der Waals surface area contributed by atoms with Crippen molar-refractivity contribution < 1.29 is 8.42 Å². The molecule has 0 saturated carbocycles. The zero-order valence-electron chi connectivity index (χ0n) is 9.52. The second-order valence-corrected chi connectivity index (χ2v) is 6.70. The van der Waals surface area contributed by atoms with Crippen molar-refractivity contribution in [3.05, 3.63) is 0 Å². The van der Waals surface area contributed by atoms with E-state index in [1.165, 1.54) is 4.31 Å². The molecule has 0 radical (unpaired) electrons. The van der Waals surface area contributed by atoms with Gasteiger partial charge in [0.05, 0.1) is 11.8 Å². The molecule has 2 saturated heterocycles. The molecule has 2 heterocycles. The summed E-state index contributed by atoms with van der Waals surface area (Å²) < 4.78 is 25.2. The predicted octanol–water partition coefficient (Wildman–Crippen LogP) is 0.00988. The molecule has 0 bridgehead atoms. The smallest absolute Gasteiger partial charge is 0.215 e. The van der Waals surface area contributed by atoms with E-state index in [0.29, 0.717) is 25.8 Å². The van der Waals surface area contributed by atoms with Crippen LogP contribution in [0.1, 0.15) is 19.3 Å². The number of nitrogens with zero attached hydrogens (tertiary/aromatic N) is 3. The van der Waals surface area contributed by atoms with Crippen molar-refractivity contribution >= 4 is 10.0 Å². The first-order valence-electron chi connectivity index (χ1n) is 5.60. The van der Waals surface area contributed by atoms with E-state index in [-0.39, 0.29) is 5.75 Å². The van der Waals surface area contributed by atoms with Gasteiger partial charge in [0, 0.05) is 19.6 Å². The fourth-order valence-electron chi connectivity index (χ4n) is 2.53. The molecule has 0 aliphatic carbocycles. The van der Waals surface area contributed by atoms with Gasteiger partial charge < -0.3 is 4.90 Å². The van der Waals surface area contributed by atoms with Crippen LogP contribution in [0.25, 0.3) is 0 Å². The standard InChI is InChI=1S/C10H17N3O2S/c1-12-6-3-10(9-11,4-7-12)13-5-2-8-16(13,14)15/h2-8H2,1H3. The molecule has 6 heteroatoms. The zero-order valence-corrected chi connectivity index (χ0v) is 10.3. The van der Waals surface area contributed by atoms with E-state index in [0.717, 1.165) is 13.1 Å². The van der Waals surface area contributed by atoms with Crippen LogP contribution in [0.3, 0.4) is 0 Å². The summed E-state index contributed by atoms with van der Waals surface area (Å²) in [5.41, 5.74) is -0.776. The Balaban J connectivity index is 2.26. The average molecular weight is 243 g/mol. The molecule has 0 N–H and O–H groups in total. The highest BCUT2D eigenvalue weighted by atomic mass is 32.2. The average Bonchev–Trinajstić information content (AvgIpc) is 2.61. The van der Waals surface area contributed by atoms with E-state index in [1.807, 2.05) is 7.05 Å². The van der Waals surface area contributed by atoms with Crippen LogP contribution in [0.4, 0.5) is 0 Å². The first-order chi connectivity index (χ1) is 7.50. The summed E-state index contributed by atoms with van der Waals surface area (Å²) in [6.07, 6.45) is 1.90. The molecule has 0 aromatic carbocycles. The lowest BCUT2D eigenvalue weighted by atomic mass is 9.89. The summed E-state index contributed by atoms with van der Waals surface area (Å²) in [4.78, 5) is 2.14. The number of piperidine rings is 1. The van der Waals surface area contributed by atoms with Gasteiger partial charge in [-0.2, -0.15) is 9.57 Å². The van der Waals surface area contributed by atoms with Crippen LogP contribution in [-0.2, 0) is 10.0 Å². The molecule has 0 aromatic rings. The summed E-state index contributed by atoms with van der Waals surface area (Å²) >= 11 is 0. The van der Waals surface area contributed by atoms with E-state index in [2.05, 4.69) is 11.0 Å². The Morgan fingerprint density at radius 3 is 2.31 bits per heavy atom. The minimum absolute atomic E-state index is 0.201. The van der Waals surface area contributed by atoms with Crippen LogP contribution in [0.5, 0.6) is 0 Å². The van der Waals surface area contributed by atoms with Crippen LogP contribution < -0.4 is 0 Å². The minimum Gasteiger partial charge on any atom is -0.306 e. The number of sulfonamides is 1. The molecule has 2 rings (SSSR count). The van der Waals surface area contributed by atoms with Gasteiger partial charge in [0.1, 0.15) is 5.54 Å². The summed E-state index contributed by atoms with van der Waals surface area (Å²) in [5.74, 6) is 0.201. The molecule has 0 amide bonds. The van der Waals surface area contributed by atoms with Crippen molar-refractivity contribution in [2.24, 2.45) is 0 Å². The van der Waals surface area contributed by atoms with Crippen molar-refractivity contribution in [1.29, 1.82) is 5.26 Å². The quantitative estimate of drug-likeness (QED) is 0.651. The third-order valence-electron chi connectivity index (χ3n) is 3.60. The topological polar surface area (TPSA) is 64.4 Å². The van der Waals surface area contributed by atoms with Gasteiger partial charge in [-0.05, 0) is 26.3 Å². The number of likely N-dealkylation sites (tertiary alicyclic amines) is 1. The van der Waals surface area contributed by atoms with E-state index >= 15 is 0 Å². The summed E-state index contributed by atoms with van der Waals surface area (Å²) in [6, 6.07) is 2.26. The second kappa shape index (κ2) is 3.99. The third-order valence-corrected chi connectivity index (χ3v) is 5.61. The van der Waals surface area contributed by atoms with Gasteiger partial charge in [0.15, 0.2) is 0 Å². The van der Waals surface area contributed by atoms with Crippen LogP contribution >= 0.6 is 0 Å². The molecule has 2 fully saturated rings. The summed E-state index contributed by atoms with van der Waals surface area (Å²) in [7, 11) is -1.18. The maximum atomic E-state index is 11.9. The van der Waals surface area contributed by atoms with Crippen LogP contribution in [-0.4, -0.2) is 55.6 Å². The summed E-state index contributed by atoms with van der Waals surface area (Å²) in [5, 5.41) is 9.35. The fraction of sp³-hybridized carbons (Fsp3) is 0.900. The number of nitriles is 1. The van der Waals surface area contributed by atoms with Crippen molar-refractivity contribution in [1.82, 2.24) is 9.21 Å². The first-order valence-corrected chi connectivity index (χ1v) is 7.21. The normalized spacial score (nSPS) is 30.0. The maximum Gasteiger partial charge on any atom is 0.215 e. The molecule has 90 valence electrons. The van der Waals surface area contributed by atoms with Crippen molar-refractivity contribution in [3.8, 4) is 6.07 Å². The van der Waals surface area contributed by atoms with Crippen molar-refractivity contribution in [2.45, 2.75) is 24.8 Å². The Bertz CT molecular complexity index is 404. The molecule has 2 aliphatic rings. The number of rotatable bonds is 1. The fourth-order valence-corrected chi connectivity index (χ4v) is 4.40. The van der Waals surface area contributed by atoms with Crippen molar-refractivity contribution in [2.75, 3.05) is 32.4 Å². The monoisotopic (exact) mass is 243 g/mol. The first kappa shape index (κ1) is 11.8. The highest BCUT2D eigenvalue weighted by Crippen LogP contribution is 2.33. The number of hydrogen-bond acceptors (Lipinski definition) is 4. The molecule has 0 unspecified atom stereocenters. The van der Waals surface area contributed by atoms with Gasteiger partial charge >= 0.3 is 0 Å². The molecule has 0 aromatic heterocycles. The van der Waals surface area contributed by atoms with Crippen LogP contribution in [0.15, 0.2) is 0 Å². The van der Waals surface area contributed by atoms with Gasteiger partial charge in [0.25, 0.3) is 0 Å². The lowest BCUT2D eigenvalue weighted by molar-refractivity contribution is 0.139. The van der Waals surface area contributed by atoms with E-state index in [4.69, 9.17) is 0 Å². The molecule has 0 spiro atoms. The minimum atomic E-state index is -3.18. The molecule has 16 heavy (non-hydrogen) atoms. The van der Waals surface area contributed by atoms with Gasteiger partial charge in [-0.15, -0.1) is 0 Å². The molecular formula is C10H17N3O2S. The summed E-state index contributed by atoms with van der Waals surface area (Å²) in [6.45, 7) is 2.10. The molecular weight excluding hydrogens is 226 g/mol. The molecule has 2 aliphatic heterocycles. The van der Waals surface area contributed by atoms with E-state index in [1.54, 1.807) is 0 Å². The maximum absolute atomic E-state index is 11.9. The predicted molar refractivity (Wildman–Crippen MR) is 60.2 cm³/mol. The molecule has 0 atom stereocenters. The second-order valence-electron chi connectivity index (χ2n) is 4.69. The van der Waals surface area contributed by atoms with E-state index < -0.39 is 15.6 Å². The lowest BCUT2D eigenvalue weighted by Crippen LogP contribution is -2.54. The highest BCUT2D eigenvalue weighted by molar-refractivity contribution is 7.89. The Morgan fingerprint density at radius 1 is 1.25 bits per heavy atom. The third kappa shape index (κ3) is 1.83.